The van der Waals surface area contributed by atoms with E-state index < -0.39 is 0 Å². The Morgan fingerprint density at radius 2 is 2.14 bits per heavy atom. The highest BCUT2D eigenvalue weighted by Crippen LogP contribution is 2.35. The molecule has 0 aliphatic carbocycles. The van der Waals surface area contributed by atoms with E-state index in [1.54, 1.807) is 18.3 Å². The first-order valence-corrected chi connectivity index (χ1v) is 7.62. The molecule has 0 radical (unpaired) electrons. The summed E-state index contributed by atoms with van der Waals surface area (Å²) < 4.78 is 13.4. The van der Waals surface area contributed by atoms with Gasteiger partial charge >= 0.3 is 5.97 Å². The second-order valence-corrected chi connectivity index (χ2v) is 6.22. The van der Waals surface area contributed by atoms with Crippen LogP contribution in [0.4, 0.5) is 0 Å². The predicted molar refractivity (Wildman–Crippen MR) is 81.3 cm³/mol. The van der Waals surface area contributed by atoms with Gasteiger partial charge in [-0.25, -0.2) is 4.79 Å². The van der Waals surface area contributed by atoms with Crippen LogP contribution < -0.4 is 0 Å². The number of aromatic amines is 1. The van der Waals surface area contributed by atoms with Gasteiger partial charge in [0.05, 0.1) is 6.93 Å². The summed E-state index contributed by atoms with van der Waals surface area (Å²) in [7, 11) is 2.18. The molecule has 4 heteroatoms. The van der Waals surface area contributed by atoms with Crippen LogP contribution in [-0.4, -0.2) is 41.1 Å². The summed E-state index contributed by atoms with van der Waals surface area (Å²) in [5.41, 5.74) is 1.38. The lowest BCUT2D eigenvalue weighted by Crippen LogP contribution is -2.43. The first kappa shape index (κ1) is 11.8. The van der Waals surface area contributed by atoms with E-state index in [1.165, 1.54) is 12.8 Å². The maximum absolute atomic E-state index is 12.5. The number of piperidine rings is 1. The molecule has 1 aromatic carbocycles. The number of benzene rings is 1. The molecule has 0 amide bonds. The van der Waals surface area contributed by atoms with Gasteiger partial charge in [-0.05, 0) is 26.0 Å². The van der Waals surface area contributed by atoms with Crippen LogP contribution in [0, 0.1) is 0 Å². The predicted octanol–water partition coefficient (Wildman–Crippen LogP) is 2.95. The van der Waals surface area contributed by atoms with Crippen molar-refractivity contribution in [2.24, 2.45) is 0 Å². The van der Waals surface area contributed by atoms with Crippen molar-refractivity contribution < 1.29 is 10.9 Å². The molecule has 0 spiro atoms. The molecule has 3 heterocycles. The molecule has 110 valence electrons. The summed E-state index contributed by atoms with van der Waals surface area (Å²) in [5.74, 6) is -0.252. The van der Waals surface area contributed by atoms with Gasteiger partial charge in [0.1, 0.15) is 6.10 Å². The van der Waals surface area contributed by atoms with Crippen molar-refractivity contribution in [3.8, 4) is 0 Å². The van der Waals surface area contributed by atoms with Crippen molar-refractivity contribution in [3.63, 3.8) is 0 Å². The fourth-order valence-corrected chi connectivity index (χ4v) is 3.85. The van der Waals surface area contributed by atoms with E-state index >= 15 is 0 Å². The van der Waals surface area contributed by atoms with Crippen LogP contribution in [0.15, 0.2) is 30.4 Å². The van der Waals surface area contributed by atoms with E-state index in [4.69, 9.17) is 6.11 Å². The van der Waals surface area contributed by atoms with Gasteiger partial charge < -0.3 is 14.6 Å². The van der Waals surface area contributed by atoms with Gasteiger partial charge in [-0.3, -0.25) is 0 Å². The highest BCUT2D eigenvalue weighted by atomic mass is 16.5. The van der Waals surface area contributed by atoms with Crippen LogP contribution in [0.1, 0.15) is 37.4 Å². The number of aromatic nitrogens is 1. The Kier molecular flexibility index (Phi) is 2.74. The van der Waals surface area contributed by atoms with Gasteiger partial charge in [0, 0.05) is 42.0 Å². The molecule has 1 N–H and O–H groups in total. The molecule has 2 aliphatic rings. The molecule has 3 atom stereocenters. The topological polar surface area (TPSA) is 45.3 Å². The van der Waals surface area contributed by atoms with Crippen LogP contribution >= 0.6 is 0 Å². The summed E-state index contributed by atoms with van der Waals surface area (Å²) in [6.07, 6.45) is 6.04. The highest BCUT2D eigenvalue weighted by Gasteiger charge is 2.40. The maximum atomic E-state index is 12.5. The van der Waals surface area contributed by atoms with Crippen LogP contribution in [0.2, 0.25) is 0 Å². The Hall–Kier alpha value is -1.81. The van der Waals surface area contributed by atoms with Gasteiger partial charge in [0.25, 0.3) is 0 Å². The number of H-pyrrole nitrogens is 1. The minimum Gasteiger partial charge on any atom is -0.459 e. The van der Waals surface area contributed by atoms with Crippen molar-refractivity contribution in [3.05, 3.63) is 36.0 Å². The van der Waals surface area contributed by atoms with Gasteiger partial charge in [0.15, 0.2) is 0 Å². The normalized spacial score (nSPS) is 29.6. The first-order valence-electron chi connectivity index (χ1n) is 8.12. The molecular formula is C17H20N2O2. The third kappa shape index (κ3) is 2.14. The molecule has 4 nitrogen and oxygen atoms in total. The van der Waals surface area contributed by atoms with Gasteiger partial charge in [-0.1, -0.05) is 18.2 Å². The lowest BCUT2D eigenvalue weighted by atomic mass is 10.0. The lowest BCUT2D eigenvalue weighted by molar-refractivity contribution is -0.000258. The number of carbonyl (C=O) groups excluding carboxylic acids is 1. The average Bonchev–Trinajstić information content (AvgIpc) is 2.97. The van der Waals surface area contributed by atoms with E-state index in [-0.39, 0.29) is 12.1 Å². The number of para-hydroxylation sites is 1. The standard InChI is InChI=1S/C17H20N2O2/c1-19-11-6-7-12(19)9-13(8-11)21-17(20)15-10-18-16-5-3-2-4-14(15)16/h2-5,10-13,18H,6-9H2,1H3/t11-,12+,13?/i3D. The summed E-state index contributed by atoms with van der Waals surface area (Å²) in [6.45, 7) is 0. The van der Waals surface area contributed by atoms with E-state index in [2.05, 4.69) is 16.9 Å². The third-order valence-corrected chi connectivity index (χ3v) is 5.07. The second-order valence-electron chi connectivity index (χ2n) is 6.22. The monoisotopic (exact) mass is 285 g/mol. The van der Waals surface area contributed by atoms with Crippen LogP contribution in [0.25, 0.3) is 10.9 Å². The average molecular weight is 285 g/mol. The molecule has 21 heavy (non-hydrogen) atoms. The number of esters is 1. The summed E-state index contributed by atoms with van der Waals surface area (Å²) >= 11 is 0. The van der Waals surface area contributed by atoms with E-state index in [9.17, 15) is 4.79 Å². The lowest BCUT2D eigenvalue weighted by Gasteiger charge is -2.35. The minimum atomic E-state index is -0.252. The fourth-order valence-electron chi connectivity index (χ4n) is 3.85. The zero-order valence-corrected chi connectivity index (χ0v) is 12.1. The highest BCUT2D eigenvalue weighted by molar-refractivity contribution is 6.04. The summed E-state index contributed by atoms with van der Waals surface area (Å²) in [4.78, 5) is 18.0. The Labute approximate surface area is 125 Å². The molecule has 0 saturated carbocycles. The zero-order valence-electron chi connectivity index (χ0n) is 13.1. The van der Waals surface area contributed by atoms with Crippen molar-refractivity contribution in [1.82, 2.24) is 9.88 Å². The van der Waals surface area contributed by atoms with Gasteiger partial charge in [-0.15, -0.1) is 0 Å². The number of carbonyl (C=O) groups is 1. The van der Waals surface area contributed by atoms with Crippen molar-refractivity contribution >= 4 is 16.9 Å². The summed E-state index contributed by atoms with van der Waals surface area (Å²) in [6, 6.07) is 6.78. The van der Waals surface area contributed by atoms with Crippen LogP contribution in [-0.2, 0) is 4.74 Å². The Morgan fingerprint density at radius 1 is 1.38 bits per heavy atom. The van der Waals surface area contributed by atoms with Crippen molar-refractivity contribution in [1.29, 1.82) is 0 Å². The minimum absolute atomic E-state index is 0.0293. The molecule has 2 aliphatic heterocycles. The molecule has 2 aromatic rings. The fraction of sp³-hybridized carbons (Fsp3) is 0.471. The number of fused-ring (bicyclic) bond motifs is 3. The molecule has 1 unspecified atom stereocenters. The number of hydrogen-bond acceptors (Lipinski definition) is 3. The number of rotatable bonds is 2. The maximum Gasteiger partial charge on any atom is 0.340 e. The number of ether oxygens (including phenoxy) is 1. The smallest absolute Gasteiger partial charge is 0.340 e. The largest absolute Gasteiger partial charge is 0.459 e. The Bertz CT molecular complexity index is 713. The van der Waals surface area contributed by atoms with Crippen LogP contribution in [0.3, 0.4) is 0 Å². The number of hydrogen-bond donors (Lipinski definition) is 1. The summed E-state index contributed by atoms with van der Waals surface area (Å²) in [5, 5.41) is 0.830. The molecular weight excluding hydrogens is 264 g/mol. The van der Waals surface area contributed by atoms with Crippen LogP contribution in [0.5, 0.6) is 0 Å². The molecule has 1 aromatic heterocycles. The molecule has 2 bridgehead atoms. The Morgan fingerprint density at radius 3 is 2.90 bits per heavy atom. The number of nitrogens with zero attached hydrogens (tertiary/aromatic N) is 1. The Balaban J connectivity index is 1.52. The molecule has 2 fully saturated rings. The third-order valence-electron chi connectivity index (χ3n) is 5.07. The van der Waals surface area contributed by atoms with Crippen molar-refractivity contribution in [2.75, 3.05) is 7.05 Å². The number of nitrogens with one attached hydrogen (secondary N) is 1. The molecule has 4 rings (SSSR count). The van der Waals surface area contributed by atoms with E-state index in [0.717, 1.165) is 23.7 Å². The van der Waals surface area contributed by atoms with Gasteiger partial charge in [0.2, 0.25) is 0 Å². The zero-order chi connectivity index (χ0) is 15.3. The van der Waals surface area contributed by atoms with Crippen molar-refractivity contribution in [2.45, 2.75) is 43.9 Å². The first-order chi connectivity index (χ1) is 10.6. The van der Waals surface area contributed by atoms with E-state index in [1.807, 2.05) is 6.07 Å². The quantitative estimate of drug-likeness (QED) is 0.863. The van der Waals surface area contributed by atoms with Gasteiger partial charge in [-0.2, -0.15) is 0 Å². The second kappa shape index (κ2) is 4.88. The van der Waals surface area contributed by atoms with E-state index in [0.29, 0.717) is 23.7 Å². The molecule has 2 saturated heterocycles. The SMILES string of the molecule is [2H]c1ccc2c(C(=O)OC3C[C@H]4CC[C@@H](C3)N4C)c[nH]c2c1.